The van der Waals surface area contributed by atoms with Gasteiger partial charge in [0.1, 0.15) is 0 Å². The summed E-state index contributed by atoms with van der Waals surface area (Å²) in [4.78, 5) is 16.6. The van der Waals surface area contributed by atoms with E-state index in [0.29, 0.717) is 0 Å². The number of hydrogen-bond donors (Lipinski definition) is 1. The van der Waals surface area contributed by atoms with Gasteiger partial charge in [-0.05, 0) is 37.5 Å². The summed E-state index contributed by atoms with van der Waals surface area (Å²) in [7, 11) is 0. The third-order valence-corrected chi connectivity index (χ3v) is 4.73. The van der Waals surface area contributed by atoms with Crippen LogP contribution in [-0.2, 0) is 6.42 Å². The number of benzene rings is 2. The molecular weight excluding hydrogens is 310 g/mol. The smallest absolute Gasteiger partial charge is 0.317 e. The second kappa shape index (κ2) is 8.56. The highest BCUT2D eigenvalue weighted by atomic mass is 16.2. The van der Waals surface area contributed by atoms with Crippen molar-refractivity contribution in [3.63, 3.8) is 0 Å². The molecule has 1 aliphatic heterocycles. The molecule has 0 spiro atoms. The fourth-order valence-corrected chi connectivity index (χ4v) is 3.17. The molecule has 1 fully saturated rings. The molecule has 1 saturated heterocycles. The average molecular weight is 337 g/mol. The molecule has 0 atom stereocenters. The Bertz CT molecular complexity index is 661. The van der Waals surface area contributed by atoms with Crippen LogP contribution in [0.15, 0.2) is 54.6 Å². The normalized spacial score (nSPS) is 14.4. The maximum absolute atomic E-state index is 12.3. The van der Waals surface area contributed by atoms with Crippen molar-refractivity contribution in [3.05, 3.63) is 65.7 Å². The number of amides is 2. The minimum absolute atomic E-state index is 0.0663. The summed E-state index contributed by atoms with van der Waals surface area (Å²) in [6.45, 7) is 6.16. The van der Waals surface area contributed by atoms with Crippen molar-refractivity contribution in [3.8, 4) is 0 Å². The van der Waals surface area contributed by atoms with E-state index in [0.717, 1.165) is 45.6 Å². The highest BCUT2D eigenvalue weighted by Gasteiger charge is 2.20. The number of anilines is 1. The zero-order valence-electron chi connectivity index (χ0n) is 14.9. The van der Waals surface area contributed by atoms with Crippen LogP contribution >= 0.6 is 0 Å². The third-order valence-electron chi connectivity index (χ3n) is 4.73. The topological polar surface area (TPSA) is 35.6 Å². The largest absolute Gasteiger partial charge is 0.368 e. The van der Waals surface area contributed by atoms with E-state index in [2.05, 4.69) is 65.7 Å². The molecule has 2 aromatic carbocycles. The molecule has 0 aliphatic carbocycles. The maximum Gasteiger partial charge on any atom is 0.317 e. The predicted molar refractivity (Wildman–Crippen MR) is 103 cm³/mol. The number of aryl methyl sites for hydroxylation is 2. The molecule has 25 heavy (non-hydrogen) atoms. The van der Waals surface area contributed by atoms with Gasteiger partial charge in [-0.15, -0.1) is 0 Å². The van der Waals surface area contributed by atoms with E-state index in [4.69, 9.17) is 0 Å². The van der Waals surface area contributed by atoms with Gasteiger partial charge in [0.25, 0.3) is 0 Å². The molecule has 4 heteroatoms. The number of nitrogens with one attached hydrogen (secondary N) is 1. The van der Waals surface area contributed by atoms with Gasteiger partial charge in [0.2, 0.25) is 0 Å². The summed E-state index contributed by atoms with van der Waals surface area (Å²) in [6.07, 6.45) is 1.97. The molecule has 0 radical (unpaired) electrons. The van der Waals surface area contributed by atoms with Crippen LogP contribution in [0.4, 0.5) is 10.5 Å². The van der Waals surface area contributed by atoms with Crippen LogP contribution in [0.3, 0.4) is 0 Å². The zero-order chi connectivity index (χ0) is 17.5. The third kappa shape index (κ3) is 4.99. The van der Waals surface area contributed by atoms with Crippen molar-refractivity contribution in [2.24, 2.45) is 0 Å². The first kappa shape index (κ1) is 17.3. The molecule has 0 bridgehead atoms. The molecule has 0 aromatic heterocycles. The number of nitrogens with zero attached hydrogens (tertiary/aromatic N) is 2. The number of urea groups is 1. The molecule has 1 heterocycles. The number of hydrogen-bond acceptors (Lipinski definition) is 2. The summed E-state index contributed by atoms with van der Waals surface area (Å²) >= 11 is 0. The number of rotatable bonds is 5. The lowest BCUT2D eigenvalue weighted by atomic mass is 10.1. The van der Waals surface area contributed by atoms with Crippen LogP contribution in [0.1, 0.15) is 17.5 Å². The molecule has 0 unspecified atom stereocenters. The quantitative estimate of drug-likeness (QED) is 0.848. The Morgan fingerprint density at radius 2 is 1.64 bits per heavy atom. The molecule has 1 aliphatic rings. The summed E-state index contributed by atoms with van der Waals surface area (Å²) in [6, 6.07) is 19.1. The van der Waals surface area contributed by atoms with Crippen molar-refractivity contribution in [1.29, 1.82) is 0 Å². The Kier molecular flexibility index (Phi) is 5.94. The lowest BCUT2D eigenvalue weighted by molar-refractivity contribution is 0.194. The molecule has 2 amide bonds. The number of piperazine rings is 1. The Hall–Kier alpha value is -2.49. The predicted octanol–water partition coefficient (Wildman–Crippen LogP) is 3.46. The summed E-state index contributed by atoms with van der Waals surface area (Å²) < 4.78 is 0. The monoisotopic (exact) mass is 337 g/mol. The SMILES string of the molecule is Cc1ccc(N2CCN(C(=O)NCCCc3ccccc3)CC2)cc1. The minimum atomic E-state index is 0.0663. The van der Waals surface area contributed by atoms with E-state index in [9.17, 15) is 4.79 Å². The highest BCUT2D eigenvalue weighted by molar-refractivity contribution is 5.74. The van der Waals surface area contributed by atoms with Crippen LogP contribution in [0.2, 0.25) is 0 Å². The van der Waals surface area contributed by atoms with Crippen LogP contribution in [0.25, 0.3) is 0 Å². The van der Waals surface area contributed by atoms with Crippen molar-refractivity contribution in [1.82, 2.24) is 10.2 Å². The summed E-state index contributed by atoms with van der Waals surface area (Å²) in [5.74, 6) is 0. The van der Waals surface area contributed by atoms with Gasteiger partial charge in [-0.1, -0.05) is 48.0 Å². The van der Waals surface area contributed by atoms with Gasteiger partial charge in [-0.3, -0.25) is 0 Å². The first-order chi connectivity index (χ1) is 12.2. The van der Waals surface area contributed by atoms with E-state index in [1.54, 1.807) is 0 Å². The number of carbonyl (C=O) groups excluding carboxylic acids is 1. The van der Waals surface area contributed by atoms with E-state index >= 15 is 0 Å². The van der Waals surface area contributed by atoms with E-state index < -0.39 is 0 Å². The standard InChI is InChI=1S/C21H27N3O/c1-18-9-11-20(12-10-18)23-14-16-24(17-15-23)21(25)22-13-5-8-19-6-3-2-4-7-19/h2-4,6-7,9-12H,5,8,13-17H2,1H3,(H,22,25). The highest BCUT2D eigenvalue weighted by Crippen LogP contribution is 2.17. The Morgan fingerprint density at radius 1 is 0.960 bits per heavy atom. The Morgan fingerprint density at radius 3 is 2.32 bits per heavy atom. The Balaban J connectivity index is 1.37. The molecule has 1 N–H and O–H groups in total. The van der Waals surface area contributed by atoms with E-state index in [1.165, 1.54) is 16.8 Å². The fourth-order valence-electron chi connectivity index (χ4n) is 3.17. The fraction of sp³-hybridized carbons (Fsp3) is 0.381. The second-order valence-electron chi connectivity index (χ2n) is 6.63. The van der Waals surface area contributed by atoms with Gasteiger partial charge in [-0.2, -0.15) is 0 Å². The van der Waals surface area contributed by atoms with Crippen molar-refractivity contribution in [2.45, 2.75) is 19.8 Å². The molecule has 0 saturated carbocycles. The van der Waals surface area contributed by atoms with Gasteiger partial charge >= 0.3 is 6.03 Å². The van der Waals surface area contributed by atoms with Gasteiger partial charge in [-0.25, -0.2) is 4.79 Å². The summed E-state index contributed by atoms with van der Waals surface area (Å²) in [5, 5.41) is 3.05. The molecule has 4 nitrogen and oxygen atoms in total. The summed E-state index contributed by atoms with van der Waals surface area (Å²) in [5.41, 5.74) is 3.84. The van der Waals surface area contributed by atoms with Crippen molar-refractivity contribution < 1.29 is 4.79 Å². The first-order valence-corrected chi connectivity index (χ1v) is 9.11. The van der Waals surface area contributed by atoms with Crippen molar-refractivity contribution in [2.75, 3.05) is 37.6 Å². The van der Waals surface area contributed by atoms with Gasteiger partial charge in [0.05, 0.1) is 0 Å². The second-order valence-corrected chi connectivity index (χ2v) is 6.63. The minimum Gasteiger partial charge on any atom is -0.368 e. The zero-order valence-corrected chi connectivity index (χ0v) is 14.9. The van der Waals surface area contributed by atoms with Gasteiger partial charge < -0.3 is 15.1 Å². The average Bonchev–Trinajstić information content (AvgIpc) is 2.67. The van der Waals surface area contributed by atoms with Crippen LogP contribution in [0.5, 0.6) is 0 Å². The van der Waals surface area contributed by atoms with Crippen LogP contribution < -0.4 is 10.2 Å². The number of carbonyl (C=O) groups is 1. The molecule has 2 aromatic rings. The van der Waals surface area contributed by atoms with E-state index in [1.807, 2.05) is 11.0 Å². The van der Waals surface area contributed by atoms with Crippen molar-refractivity contribution >= 4 is 11.7 Å². The van der Waals surface area contributed by atoms with Gasteiger partial charge in [0, 0.05) is 38.4 Å². The maximum atomic E-state index is 12.3. The molecule has 3 rings (SSSR count). The lowest BCUT2D eigenvalue weighted by Gasteiger charge is -2.36. The lowest BCUT2D eigenvalue weighted by Crippen LogP contribution is -2.52. The van der Waals surface area contributed by atoms with Gasteiger partial charge in [0.15, 0.2) is 0 Å². The first-order valence-electron chi connectivity index (χ1n) is 9.11. The molecular formula is C21H27N3O. The van der Waals surface area contributed by atoms with Crippen LogP contribution in [0, 0.1) is 6.92 Å². The Labute approximate surface area is 150 Å². The van der Waals surface area contributed by atoms with E-state index in [-0.39, 0.29) is 6.03 Å². The van der Waals surface area contributed by atoms with Crippen LogP contribution in [-0.4, -0.2) is 43.7 Å². The molecule has 132 valence electrons.